The summed E-state index contributed by atoms with van der Waals surface area (Å²) in [5, 5.41) is 5.38. The molecule has 0 aliphatic carbocycles. The molecule has 2 N–H and O–H groups in total. The zero-order valence-electron chi connectivity index (χ0n) is 17.3. The number of thiophene rings is 1. The van der Waals surface area contributed by atoms with E-state index in [1.807, 2.05) is 66.9 Å². The van der Waals surface area contributed by atoms with Crippen molar-refractivity contribution in [1.29, 1.82) is 0 Å². The van der Waals surface area contributed by atoms with Gasteiger partial charge in [-0.05, 0) is 36.6 Å². The zero-order chi connectivity index (χ0) is 21.8. The molecular weight excluding hydrogens is 426 g/mol. The summed E-state index contributed by atoms with van der Waals surface area (Å²) in [4.78, 5) is 33.4. The van der Waals surface area contributed by atoms with Crippen LogP contribution in [0.15, 0.2) is 64.8 Å². The molecule has 31 heavy (non-hydrogen) atoms. The summed E-state index contributed by atoms with van der Waals surface area (Å²) in [6, 6.07) is 17.7. The van der Waals surface area contributed by atoms with E-state index in [9.17, 15) is 9.59 Å². The number of H-pyrrole nitrogens is 1. The first-order valence-corrected chi connectivity index (χ1v) is 12.0. The normalized spacial score (nSPS) is 12.1. The second-order valence-corrected chi connectivity index (χ2v) is 9.39. The summed E-state index contributed by atoms with van der Waals surface area (Å²) in [7, 11) is 0. The number of anilines is 1. The van der Waals surface area contributed by atoms with Crippen molar-refractivity contribution in [2.75, 3.05) is 11.1 Å². The molecule has 1 unspecified atom stereocenters. The van der Waals surface area contributed by atoms with Crippen molar-refractivity contribution in [2.45, 2.75) is 25.5 Å². The second-order valence-electron chi connectivity index (χ2n) is 7.20. The summed E-state index contributed by atoms with van der Waals surface area (Å²) >= 11 is 2.91. The molecule has 7 heteroatoms. The van der Waals surface area contributed by atoms with Crippen LogP contribution in [0.25, 0.3) is 21.3 Å². The van der Waals surface area contributed by atoms with Crippen LogP contribution < -0.4 is 10.9 Å². The van der Waals surface area contributed by atoms with Crippen molar-refractivity contribution in [2.24, 2.45) is 0 Å². The third kappa shape index (κ3) is 4.89. The summed E-state index contributed by atoms with van der Waals surface area (Å²) in [5.74, 6) is 0.786. The highest BCUT2D eigenvalue weighted by atomic mass is 32.2. The highest BCUT2D eigenvalue weighted by Gasteiger charge is 2.17. The van der Waals surface area contributed by atoms with E-state index in [1.54, 1.807) is 0 Å². The third-order valence-electron chi connectivity index (χ3n) is 5.04. The van der Waals surface area contributed by atoms with Crippen molar-refractivity contribution >= 4 is 44.9 Å². The predicted molar refractivity (Wildman–Crippen MR) is 131 cm³/mol. The lowest BCUT2D eigenvalue weighted by Gasteiger charge is -2.11. The van der Waals surface area contributed by atoms with Gasteiger partial charge in [0.25, 0.3) is 5.56 Å². The summed E-state index contributed by atoms with van der Waals surface area (Å²) in [6.45, 7) is 4.05. The minimum atomic E-state index is -0.145. The van der Waals surface area contributed by atoms with Crippen molar-refractivity contribution < 1.29 is 4.79 Å². The number of nitrogens with one attached hydrogen (secondary N) is 2. The van der Waals surface area contributed by atoms with Crippen LogP contribution >= 0.6 is 23.1 Å². The van der Waals surface area contributed by atoms with E-state index in [1.165, 1.54) is 28.7 Å². The van der Waals surface area contributed by atoms with Crippen LogP contribution in [0.1, 0.15) is 30.5 Å². The Morgan fingerprint density at radius 1 is 1.16 bits per heavy atom. The number of rotatable bonds is 7. The second kappa shape index (κ2) is 9.49. The first kappa shape index (κ1) is 21.3. The summed E-state index contributed by atoms with van der Waals surface area (Å²) in [6.07, 6.45) is 0.966. The first-order valence-electron chi connectivity index (χ1n) is 10.1. The van der Waals surface area contributed by atoms with E-state index in [0.717, 1.165) is 23.2 Å². The van der Waals surface area contributed by atoms with Gasteiger partial charge in [0.1, 0.15) is 10.7 Å². The van der Waals surface area contributed by atoms with Crippen LogP contribution in [0.4, 0.5) is 5.69 Å². The van der Waals surface area contributed by atoms with E-state index >= 15 is 0 Å². The van der Waals surface area contributed by atoms with Gasteiger partial charge in [-0.15, -0.1) is 23.1 Å². The fraction of sp³-hybridized carbons (Fsp3) is 0.208. The lowest BCUT2D eigenvalue weighted by Crippen LogP contribution is -2.16. The monoisotopic (exact) mass is 449 g/mol. The zero-order valence-corrected chi connectivity index (χ0v) is 19.0. The molecule has 0 spiro atoms. The van der Waals surface area contributed by atoms with Gasteiger partial charge in [-0.1, -0.05) is 49.4 Å². The van der Waals surface area contributed by atoms with Gasteiger partial charge in [-0.25, -0.2) is 4.98 Å². The molecule has 2 aromatic heterocycles. The number of aromatic nitrogens is 2. The molecule has 4 rings (SSSR count). The molecule has 1 amide bonds. The number of amides is 1. The van der Waals surface area contributed by atoms with Crippen LogP contribution in [0, 0.1) is 0 Å². The van der Waals surface area contributed by atoms with Gasteiger partial charge in [0.05, 0.1) is 16.4 Å². The molecule has 0 saturated heterocycles. The Morgan fingerprint density at radius 2 is 1.90 bits per heavy atom. The number of hydrogen-bond donors (Lipinski definition) is 2. The Labute approximate surface area is 188 Å². The summed E-state index contributed by atoms with van der Waals surface area (Å²) < 4.78 is 0. The lowest BCUT2D eigenvalue weighted by molar-refractivity contribution is -0.113. The number of aromatic amines is 1. The Balaban J connectivity index is 1.44. The summed E-state index contributed by atoms with van der Waals surface area (Å²) in [5.41, 5.74) is 3.77. The standard InChI is InChI=1S/C24H23N3O2S2/c1-3-16-9-11-18(12-10-16)25-20(28)14-30-15(2)22-26-23(29)21-19(13-31-24(21)27-22)17-7-5-4-6-8-17/h4-13,15H,3,14H2,1-2H3,(H,25,28)(H,26,27,29). The quantitative estimate of drug-likeness (QED) is 0.382. The van der Waals surface area contributed by atoms with Gasteiger partial charge in [0.2, 0.25) is 5.91 Å². The fourth-order valence-electron chi connectivity index (χ4n) is 3.29. The molecule has 0 radical (unpaired) electrons. The Kier molecular flexibility index (Phi) is 6.53. The molecule has 2 aromatic carbocycles. The van der Waals surface area contributed by atoms with E-state index in [0.29, 0.717) is 16.0 Å². The van der Waals surface area contributed by atoms with Gasteiger partial charge in [-0.3, -0.25) is 9.59 Å². The average molecular weight is 450 g/mol. The maximum Gasteiger partial charge on any atom is 0.260 e. The molecule has 158 valence electrons. The Bertz CT molecular complexity index is 1250. The number of hydrogen-bond acceptors (Lipinski definition) is 5. The lowest BCUT2D eigenvalue weighted by atomic mass is 10.1. The Hall–Kier alpha value is -2.90. The highest BCUT2D eigenvalue weighted by Crippen LogP contribution is 2.32. The molecule has 0 aliphatic rings. The van der Waals surface area contributed by atoms with Gasteiger partial charge >= 0.3 is 0 Å². The molecule has 4 aromatic rings. The van der Waals surface area contributed by atoms with Crippen LogP contribution in [-0.2, 0) is 11.2 Å². The highest BCUT2D eigenvalue weighted by molar-refractivity contribution is 8.00. The van der Waals surface area contributed by atoms with E-state index in [4.69, 9.17) is 0 Å². The van der Waals surface area contributed by atoms with E-state index < -0.39 is 0 Å². The molecule has 0 saturated carbocycles. The van der Waals surface area contributed by atoms with Gasteiger partial charge in [0, 0.05) is 16.6 Å². The van der Waals surface area contributed by atoms with Gasteiger partial charge < -0.3 is 10.3 Å². The number of carbonyl (C=O) groups excluding carboxylic acids is 1. The molecule has 0 fully saturated rings. The predicted octanol–water partition coefficient (Wildman–Crippen LogP) is 5.65. The third-order valence-corrected chi connectivity index (χ3v) is 7.07. The number of fused-ring (bicyclic) bond motifs is 1. The van der Waals surface area contributed by atoms with Crippen LogP contribution in [-0.4, -0.2) is 21.6 Å². The number of thioether (sulfide) groups is 1. The van der Waals surface area contributed by atoms with Crippen molar-refractivity contribution in [3.63, 3.8) is 0 Å². The topological polar surface area (TPSA) is 74.8 Å². The number of nitrogens with zero attached hydrogens (tertiary/aromatic N) is 1. The number of carbonyl (C=O) groups is 1. The minimum Gasteiger partial charge on any atom is -0.325 e. The molecule has 2 heterocycles. The van der Waals surface area contributed by atoms with E-state index in [2.05, 4.69) is 22.2 Å². The molecule has 0 bridgehead atoms. The molecule has 0 aliphatic heterocycles. The van der Waals surface area contributed by atoms with Gasteiger partial charge in [-0.2, -0.15) is 0 Å². The van der Waals surface area contributed by atoms with Gasteiger partial charge in [0.15, 0.2) is 0 Å². The van der Waals surface area contributed by atoms with Crippen molar-refractivity contribution in [1.82, 2.24) is 9.97 Å². The molecule has 5 nitrogen and oxygen atoms in total. The van der Waals surface area contributed by atoms with Crippen LogP contribution in [0.5, 0.6) is 0 Å². The van der Waals surface area contributed by atoms with Crippen LogP contribution in [0.3, 0.4) is 0 Å². The largest absolute Gasteiger partial charge is 0.325 e. The number of aryl methyl sites for hydroxylation is 1. The smallest absolute Gasteiger partial charge is 0.260 e. The molecular formula is C24H23N3O2S2. The number of benzene rings is 2. The fourth-order valence-corrected chi connectivity index (χ4v) is 4.99. The average Bonchev–Trinajstić information content (AvgIpc) is 3.23. The van der Waals surface area contributed by atoms with Crippen LogP contribution in [0.2, 0.25) is 0 Å². The first-order chi connectivity index (χ1) is 15.0. The SMILES string of the molecule is CCc1ccc(NC(=O)CSC(C)c2nc3scc(-c4ccccc4)c3c(=O)[nH]2)cc1. The molecule has 1 atom stereocenters. The maximum absolute atomic E-state index is 12.8. The van der Waals surface area contributed by atoms with Crippen molar-refractivity contribution in [3.8, 4) is 11.1 Å². The minimum absolute atomic E-state index is 0.0768. The van der Waals surface area contributed by atoms with Crippen molar-refractivity contribution in [3.05, 3.63) is 81.7 Å². The maximum atomic E-state index is 12.8. The van der Waals surface area contributed by atoms with E-state index in [-0.39, 0.29) is 22.5 Å². The Morgan fingerprint density at radius 3 is 2.61 bits per heavy atom.